The van der Waals surface area contributed by atoms with Crippen LogP contribution in [0.1, 0.15) is 23.2 Å². The lowest BCUT2D eigenvalue weighted by Crippen LogP contribution is -2.22. The molecule has 0 aromatic heterocycles. The van der Waals surface area contributed by atoms with Gasteiger partial charge in [-0.3, -0.25) is 0 Å². The normalized spacial score (nSPS) is 16.4. The Morgan fingerprint density at radius 1 is 1.44 bits per heavy atom. The van der Waals surface area contributed by atoms with E-state index in [2.05, 4.69) is 0 Å². The van der Waals surface area contributed by atoms with Crippen LogP contribution in [0.25, 0.3) is 0 Å². The highest BCUT2D eigenvalue weighted by Gasteiger charge is 2.18. The van der Waals surface area contributed by atoms with Crippen LogP contribution in [0.5, 0.6) is 5.75 Å². The fourth-order valence-corrected chi connectivity index (χ4v) is 1.91. The van der Waals surface area contributed by atoms with Crippen LogP contribution in [0.3, 0.4) is 0 Å². The van der Waals surface area contributed by atoms with Crippen molar-refractivity contribution >= 4 is 11.7 Å². The number of carbonyl (C=O) groups excluding carboxylic acids is 1. The van der Waals surface area contributed by atoms with Crippen molar-refractivity contribution in [1.82, 2.24) is 0 Å². The van der Waals surface area contributed by atoms with Gasteiger partial charge < -0.3 is 20.3 Å². The van der Waals surface area contributed by atoms with E-state index < -0.39 is 5.97 Å². The molecule has 5 heteroatoms. The van der Waals surface area contributed by atoms with Gasteiger partial charge in [-0.15, -0.1) is 0 Å². The number of rotatable bonds is 3. The zero-order chi connectivity index (χ0) is 13.0. The third kappa shape index (κ3) is 3.13. The second kappa shape index (κ2) is 5.73. The number of phenols is 1. The monoisotopic (exact) mass is 251 g/mol. The van der Waals surface area contributed by atoms with E-state index in [0.717, 1.165) is 26.1 Å². The molecule has 2 rings (SSSR count). The highest BCUT2D eigenvalue weighted by atomic mass is 16.5. The van der Waals surface area contributed by atoms with Crippen LogP contribution in [0.4, 0.5) is 5.69 Å². The minimum atomic E-state index is -0.515. The summed E-state index contributed by atoms with van der Waals surface area (Å²) in [6, 6.07) is 4.37. The molecule has 0 unspecified atom stereocenters. The van der Waals surface area contributed by atoms with Crippen LogP contribution in [0, 0.1) is 5.92 Å². The van der Waals surface area contributed by atoms with Gasteiger partial charge in [0.15, 0.2) is 0 Å². The van der Waals surface area contributed by atoms with Crippen LogP contribution in [0.15, 0.2) is 18.2 Å². The summed E-state index contributed by atoms with van der Waals surface area (Å²) >= 11 is 0. The molecule has 1 aliphatic heterocycles. The lowest BCUT2D eigenvalue weighted by molar-refractivity contribution is 0.0184. The number of hydrogen-bond donors (Lipinski definition) is 2. The first-order valence-electron chi connectivity index (χ1n) is 6.00. The van der Waals surface area contributed by atoms with Gasteiger partial charge in [0.25, 0.3) is 0 Å². The van der Waals surface area contributed by atoms with Crippen molar-refractivity contribution in [1.29, 1.82) is 0 Å². The Hall–Kier alpha value is -1.75. The van der Waals surface area contributed by atoms with Gasteiger partial charge in [0.1, 0.15) is 11.3 Å². The summed E-state index contributed by atoms with van der Waals surface area (Å²) in [4.78, 5) is 11.8. The predicted molar refractivity (Wildman–Crippen MR) is 66.3 cm³/mol. The molecule has 0 atom stereocenters. The van der Waals surface area contributed by atoms with E-state index >= 15 is 0 Å². The standard InChI is InChI=1S/C13H17NO4/c14-10-1-2-11(12(15)7-10)13(16)18-8-9-3-5-17-6-4-9/h1-2,7,9,15H,3-6,8,14H2. The number of phenolic OH excluding ortho intramolecular Hbond substituents is 1. The van der Waals surface area contributed by atoms with Gasteiger partial charge >= 0.3 is 5.97 Å². The molecule has 18 heavy (non-hydrogen) atoms. The van der Waals surface area contributed by atoms with Crippen LogP contribution in [-0.2, 0) is 9.47 Å². The first-order valence-corrected chi connectivity index (χ1v) is 6.00. The van der Waals surface area contributed by atoms with Crippen molar-refractivity contribution in [3.8, 4) is 5.75 Å². The molecule has 1 aromatic carbocycles. The Kier molecular flexibility index (Phi) is 4.04. The Balaban J connectivity index is 1.90. The van der Waals surface area contributed by atoms with Crippen molar-refractivity contribution in [2.24, 2.45) is 5.92 Å². The summed E-state index contributed by atoms with van der Waals surface area (Å²) in [5, 5.41) is 9.60. The second-order valence-corrected chi connectivity index (χ2v) is 4.43. The number of anilines is 1. The van der Waals surface area contributed by atoms with Crippen molar-refractivity contribution in [3.63, 3.8) is 0 Å². The van der Waals surface area contributed by atoms with Crippen LogP contribution in [0.2, 0.25) is 0 Å². The highest BCUT2D eigenvalue weighted by molar-refractivity contribution is 5.92. The third-order valence-corrected chi connectivity index (χ3v) is 3.03. The van der Waals surface area contributed by atoms with Crippen molar-refractivity contribution in [2.75, 3.05) is 25.6 Å². The van der Waals surface area contributed by atoms with Crippen molar-refractivity contribution in [3.05, 3.63) is 23.8 Å². The molecule has 1 aromatic rings. The second-order valence-electron chi connectivity index (χ2n) is 4.43. The van der Waals surface area contributed by atoms with Gasteiger partial charge in [0.05, 0.1) is 6.61 Å². The van der Waals surface area contributed by atoms with Gasteiger partial charge in [-0.25, -0.2) is 4.79 Å². The average Bonchev–Trinajstić information content (AvgIpc) is 2.37. The summed E-state index contributed by atoms with van der Waals surface area (Å²) in [5.41, 5.74) is 6.05. The van der Waals surface area contributed by atoms with Gasteiger partial charge in [0, 0.05) is 25.0 Å². The molecule has 1 saturated heterocycles. The Morgan fingerprint density at radius 3 is 2.83 bits per heavy atom. The van der Waals surface area contributed by atoms with E-state index in [-0.39, 0.29) is 11.3 Å². The number of esters is 1. The molecule has 5 nitrogen and oxygen atoms in total. The van der Waals surface area contributed by atoms with E-state index in [1.54, 1.807) is 6.07 Å². The minimum absolute atomic E-state index is 0.146. The fourth-order valence-electron chi connectivity index (χ4n) is 1.91. The minimum Gasteiger partial charge on any atom is -0.507 e. The molecule has 1 fully saturated rings. The molecule has 0 radical (unpaired) electrons. The largest absolute Gasteiger partial charge is 0.507 e. The summed E-state index contributed by atoms with van der Waals surface area (Å²) in [6.45, 7) is 1.80. The maximum absolute atomic E-state index is 11.8. The summed E-state index contributed by atoms with van der Waals surface area (Å²) < 4.78 is 10.4. The van der Waals surface area contributed by atoms with E-state index in [1.165, 1.54) is 12.1 Å². The quantitative estimate of drug-likeness (QED) is 0.629. The van der Waals surface area contributed by atoms with E-state index in [1.807, 2.05) is 0 Å². The molecule has 0 amide bonds. The molecule has 98 valence electrons. The van der Waals surface area contributed by atoms with Gasteiger partial charge in [-0.05, 0) is 30.9 Å². The van der Waals surface area contributed by atoms with Crippen LogP contribution < -0.4 is 5.73 Å². The van der Waals surface area contributed by atoms with Crippen molar-refractivity contribution in [2.45, 2.75) is 12.8 Å². The molecule has 1 aliphatic rings. The maximum Gasteiger partial charge on any atom is 0.341 e. The lowest BCUT2D eigenvalue weighted by atomic mass is 10.0. The van der Waals surface area contributed by atoms with E-state index in [9.17, 15) is 9.90 Å². The third-order valence-electron chi connectivity index (χ3n) is 3.03. The molecule has 0 aliphatic carbocycles. The molecular weight excluding hydrogens is 234 g/mol. The average molecular weight is 251 g/mol. The smallest absolute Gasteiger partial charge is 0.341 e. The molecule has 0 spiro atoms. The first-order chi connectivity index (χ1) is 8.66. The Bertz CT molecular complexity index is 427. The van der Waals surface area contributed by atoms with Gasteiger partial charge in [-0.2, -0.15) is 0 Å². The first kappa shape index (κ1) is 12.7. The SMILES string of the molecule is Nc1ccc(C(=O)OCC2CCOCC2)c(O)c1. The number of nitrogen functional groups attached to an aromatic ring is 1. The summed E-state index contributed by atoms with van der Waals surface area (Å²) in [5.74, 6) is -0.315. The number of ether oxygens (including phenoxy) is 2. The Labute approximate surface area is 106 Å². The molecule has 3 N–H and O–H groups in total. The zero-order valence-electron chi connectivity index (χ0n) is 10.1. The van der Waals surface area contributed by atoms with Crippen LogP contribution >= 0.6 is 0 Å². The zero-order valence-corrected chi connectivity index (χ0v) is 10.1. The topological polar surface area (TPSA) is 81.8 Å². The van der Waals surface area contributed by atoms with Crippen molar-refractivity contribution < 1.29 is 19.4 Å². The number of carbonyl (C=O) groups is 1. The number of hydrogen-bond acceptors (Lipinski definition) is 5. The number of aromatic hydroxyl groups is 1. The fraction of sp³-hybridized carbons (Fsp3) is 0.462. The number of nitrogens with two attached hydrogens (primary N) is 1. The predicted octanol–water partition coefficient (Wildman–Crippen LogP) is 1.56. The summed E-state index contributed by atoms with van der Waals surface area (Å²) in [7, 11) is 0. The Morgan fingerprint density at radius 2 is 2.17 bits per heavy atom. The van der Waals surface area contributed by atoms with Crippen LogP contribution in [-0.4, -0.2) is 30.9 Å². The molecular formula is C13H17NO4. The van der Waals surface area contributed by atoms with E-state index in [4.69, 9.17) is 15.2 Å². The maximum atomic E-state index is 11.8. The summed E-state index contributed by atoms with van der Waals surface area (Å²) in [6.07, 6.45) is 1.81. The van der Waals surface area contributed by atoms with E-state index in [0.29, 0.717) is 18.2 Å². The molecule has 0 saturated carbocycles. The van der Waals surface area contributed by atoms with Gasteiger partial charge in [0.2, 0.25) is 0 Å². The highest BCUT2D eigenvalue weighted by Crippen LogP contribution is 2.22. The van der Waals surface area contributed by atoms with Gasteiger partial charge in [-0.1, -0.05) is 0 Å². The molecule has 0 bridgehead atoms. The number of benzene rings is 1. The molecule has 1 heterocycles. The lowest BCUT2D eigenvalue weighted by Gasteiger charge is -2.21.